The van der Waals surface area contributed by atoms with Crippen LogP contribution in [-0.4, -0.2) is 99.9 Å². The second-order valence-corrected chi connectivity index (χ2v) is 35.9. The summed E-state index contributed by atoms with van der Waals surface area (Å²) in [6.45, 7) is 18.9. The van der Waals surface area contributed by atoms with E-state index in [1.54, 1.807) is 132 Å². The van der Waals surface area contributed by atoms with E-state index >= 15 is 0 Å². The number of benzene rings is 8. The number of rotatable bonds is 26. The molecule has 0 saturated heterocycles. The van der Waals surface area contributed by atoms with Crippen LogP contribution in [0.5, 0.6) is 0 Å². The molecule has 2 aromatic heterocycles. The average molecular weight is 1780 g/mol. The summed E-state index contributed by atoms with van der Waals surface area (Å²) in [6, 6.07) is 58.5. The molecule has 8 aromatic carbocycles. The van der Waals surface area contributed by atoms with E-state index in [9.17, 15) is 55.2 Å². The fraction of sp³-hybridized carbons (Fsp3) is 0.297. The van der Waals surface area contributed by atoms with Gasteiger partial charge in [-0.2, -0.15) is 10.4 Å². The Morgan fingerprint density at radius 1 is 0.472 bits per heavy atom. The number of carbonyl (C=O) groups is 8. The Hall–Kier alpha value is -12.2. The van der Waals surface area contributed by atoms with Gasteiger partial charge < -0.3 is 16.0 Å². The molecule has 5 unspecified atom stereocenters. The minimum Gasteiger partial charge on any atom is -0.349 e. The maximum absolute atomic E-state index is 13.5. The molecule has 8 amide bonds. The summed E-state index contributed by atoms with van der Waals surface area (Å²) in [5.41, 5.74) is 16.5. The first-order chi connectivity index (χ1) is 59.5. The first-order valence-corrected chi connectivity index (χ1v) is 44.3. The van der Waals surface area contributed by atoms with Crippen molar-refractivity contribution in [3.05, 3.63) is 305 Å². The number of hydrogen-bond acceptors (Lipinski definition) is 20. The highest BCUT2D eigenvalue weighted by Crippen LogP contribution is 2.43. The van der Waals surface area contributed by atoms with E-state index in [1.165, 1.54) is 59.3 Å². The van der Waals surface area contributed by atoms with E-state index in [1.807, 2.05) is 99.6 Å². The Morgan fingerprint density at radius 2 is 0.904 bits per heavy atom. The molecule has 2 fully saturated rings. The van der Waals surface area contributed by atoms with Crippen LogP contribution in [0.3, 0.4) is 0 Å². The third-order valence-corrected chi connectivity index (χ3v) is 26.1. The van der Waals surface area contributed by atoms with Crippen molar-refractivity contribution in [1.29, 1.82) is 5.26 Å². The Morgan fingerprint density at radius 3 is 1.33 bits per heavy atom. The predicted molar refractivity (Wildman–Crippen MR) is 470 cm³/mol. The molecule has 15 N–H and O–H groups in total. The number of hydrogen-bond donors (Lipinski definition) is 15. The SMILES string of the molecule is CC(C)C(NC(=O)C1(c2ccccc2)CCCC1)c1ccc(C(=O)NO)cc1.CC(C)C(NC(=O)C1CCCC1)c1ccc(C(=O)NO)cc1.CC(NS(=O)(=O)c1ccc(C#N)cc1Cl)c1ccc(C(=O)NO)cc1.Cc1c(C(=O)NC(C)c2cccc(C(=O)NO)c2)cnn1-c1ccccc1.Cc1cc(S(=O)(=O)NC(C)c2ccc(C(=O)NO)cc2)c(C)s1. The van der Waals surface area contributed by atoms with Crippen molar-refractivity contribution in [1.82, 2.24) is 62.6 Å². The topological polar surface area (TPSA) is 468 Å². The lowest BCUT2D eigenvalue weighted by Gasteiger charge is -2.32. The number of sulfonamides is 2. The lowest BCUT2D eigenvalue weighted by Crippen LogP contribution is -2.45. The molecule has 12 rings (SSSR count). The van der Waals surface area contributed by atoms with E-state index in [4.69, 9.17) is 42.9 Å². The smallest absolute Gasteiger partial charge is 0.274 e. The maximum Gasteiger partial charge on any atom is 0.274 e. The van der Waals surface area contributed by atoms with Crippen LogP contribution < -0.4 is 52.8 Å². The van der Waals surface area contributed by atoms with Crippen molar-refractivity contribution in [3.63, 3.8) is 0 Å². The van der Waals surface area contributed by atoms with Crippen LogP contribution in [0, 0.1) is 49.9 Å². The van der Waals surface area contributed by atoms with Crippen LogP contribution in [0.2, 0.25) is 5.02 Å². The quantitative estimate of drug-likeness (QED) is 0.0177. The Balaban J connectivity index is 0.000000194. The van der Waals surface area contributed by atoms with Gasteiger partial charge in [-0.1, -0.05) is 174 Å². The standard InChI is InChI=1S/C23H28N2O3.C20H20N4O3.C17H24N2O3.C16H14ClN3O4S.C15H18N2O4S2/c1-16(2)20(17-10-12-18(13-11-17)21(26)25-28)24-22(27)23(14-6-7-15-23)19-8-4-3-5-9-19;1-13(15-7-6-8-16(11-15)19(25)23-27)22-20(26)18-12-21-24(14(18)2)17-9-4-3-5-10-17;1-11(2)15(18-16(20)13-5-3-4-6-13)12-7-9-14(10-8-12)17(21)19-22;1-10(12-3-5-13(6-4-12)16(21)19-22)20-25(23,24)15-7-2-11(9-18)8-14(15)17;1-9-8-14(11(3)22-9)23(20,21)17-10(2)12-4-6-13(7-5-12)15(18)16-19/h3-5,8-13,16,20,28H,6-7,14-15H2,1-2H3,(H,24,27)(H,25,26);3-13,27H,1-2H3,(H,22,26)(H,23,25);7-11,13,15,22H,3-6H2,1-2H3,(H,18,20)(H,19,21);2-8,10,20,22H,1H3,(H,19,21);4-8,10,17,19H,1-3H3,(H,16,18). The van der Waals surface area contributed by atoms with Gasteiger partial charge in [-0.15, -0.1) is 11.3 Å². The number of para-hydroxylation sites is 1. The molecule has 2 aliphatic carbocycles. The van der Waals surface area contributed by atoms with Gasteiger partial charge in [0.2, 0.25) is 31.9 Å². The molecular weight excluding hydrogens is 1680 g/mol. The van der Waals surface area contributed by atoms with Gasteiger partial charge in [0.1, 0.15) is 4.90 Å². The number of hydroxylamine groups is 5. The number of aryl methyl sites for hydroxylation is 2. The fourth-order valence-electron chi connectivity index (χ4n) is 14.4. The van der Waals surface area contributed by atoms with Crippen molar-refractivity contribution >= 4 is 90.2 Å². The molecule has 34 heteroatoms. The summed E-state index contributed by atoms with van der Waals surface area (Å²) in [5.74, 6) is -2.43. The predicted octanol–water partition coefficient (Wildman–Crippen LogP) is 14.6. The highest BCUT2D eigenvalue weighted by atomic mass is 35.5. The first-order valence-electron chi connectivity index (χ1n) is 40.1. The second-order valence-electron chi connectivity index (χ2n) is 30.7. The molecule has 10 aromatic rings. The van der Waals surface area contributed by atoms with Gasteiger partial charge in [-0.3, -0.25) is 64.4 Å². The number of nitrogens with zero attached hydrogens (tertiary/aromatic N) is 3. The number of nitrogens with one attached hydrogen (secondary N) is 10. The molecule has 30 nitrogen and oxygen atoms in total. The van der Waals surface area contributed by atoms with Gasteiger partial charge in [0, 0.05) is 55.6 Å². The van der Waals surface area contributed by atoms with Crippen LogP contribution in [0.15, 0.2) is 222 Å². The van der Waals surface area contributed by atoms with Crippen LogP contribution in [0.25, 0.3) is 5.69 Å². The van der Waals surface area contributed by atoms with Gasteiger partial charge in [-0.05, 0) is 210 Å². The maximum atomic E-state index is 13.5. The largest absolute Gasteiger partial charge is 0.349 e. The van der Waals surface area contributed by atoms with Gasteiger partial charge in [0.05, 0.1) is 68.2 Å². The summed E-state index contributed by atoms with van der Waals surface area (Å²) in [4.78, 5) is 97.4. The van der Waals surface area contributed by atoms with Gasteiger partial charge in [0.25, 0.3) is 35.4 Å². The monoisotopic (exact) mass is 1780 g/mol. The molecule has 0 aliphatic heterocycles. The normalized spacial score (nSPS) is 14.0. The number of carbonyl (C=O) groups excluding carboxylic acids is 8. The van der Waals surface area contributed by atoms with Crippen molar-refractivity contribution < 1.29 is 81.2 Å². The lowest BCUT2D eigenvalue weighted by atomic mass is 9.77. The molecule has 2 aliphatic rings. The third-order valence-electron chi connectivity index (χ3n) is 21.3. The number of amides is 8. The molecule has 660 valence electrons. The molecule has 125 heavy (non-hydrogen) atoms. The number of thiophene rings is 1. The third kappa shape index (κ3) is 26.5. The van der Waals surface area contributed by atoms with Gasteiger partial charge >= 0.3 is 0 Å². The molecular formula is C91H104ClN13O17S3. The van der Waals surface area contributed by atoms with Crippen LogP contribution in [-0.2, 0) is 35.1 Å². The number of nitriles is 1. The fourth-order valence-corrected chi connectivity index (χ4v) is 19.0. The zero-order valence-electron chi connectivity index (χ0n) is 70.6. The summed E-state index contributed by atoms with van der Waals surface area (Å²) in [6.07, 6.45) is 9.61. The molecule has 2 heterocycles. The summed E-state index contributed by atoms with van der Waals surface area (Å²) in [5, 5.41) is 65.8. The van der Waals surface area contributed by atoms with E-state index in [2.05, 4.69) is 70.3 Å². The first kappa shape index (κ1) is 98.3. The average Bonchev–Trinajstić information content (AvgIpc) is 1.64. The minimum atomic E-state index is -3.91. The van der Waals surface area contributed by atoms with Crippen molar-refractivity contribution in [2.45, 2.75) is 166 Å². The van der Waals surface area contributed by atoms with Crippen LogP contribution in [0.4, 0.5) is 0 Å². The summed E-state index contributed by atoms with van der Waals surface area (Å²) >= 11 is 7.39. The van der Waals surface area contributed by atoms with Crippen molar-refractivity contribution in [3.8, 4) is 11.8 Å². The Bertz CT molecular complexity index is 5650. The van der Waals surface area contributed by atoms with E-state index < -0.39 is 67.1 Å². The highest BCUT2D eigenvalue weighted by Gasteiger charge is 2.44. The number of aromatic nitrogens is 2. The second kappa shape index (κ2) is 46.0. The number of halogens is 1. The van der Waals surface area contributed by atoms with Gasteiger partial charge in [-0.25, -0.2) is 58.4 Å². The summed E-state index contributed by atoms with van der Waals surface area (Å²) < 4.78 is 56.7. The van der Waals surface area contributed by atoms with Crippen molar-refractivity contribution in [2.24, 2.45) is 17.8 Å². The molecule has 0 radical (unpaired) electrons. The van der Waals surface area contributed by atoms with Gasteiger partial charge in [0.15, 0.2) is 0 Å². The highest BCUT2D eigenvalue weighted by molar-refractivity contribution is 7.90. The van der Waals surface area contributed by atoms with Crippen LogP contribution in [0.1, 0.15) is 247 Å². The molecule has 2 saturated carbocycles. The summed E-state index contributed by atoms with van der Waals surface area (Å²) in [7, 11) is -7.51. The zero-order valence-corrected chi connectivity index (χ0v) is 73.8. The lowest BCUT2D eigenvalue weighted by molar-refractivity contribution is -0.128. The molecule has 0 bridgehead atoms. The van der Waals surface area contributed by atoms with E-state index in [-0.39, 0.29) is 80.2 Å². The Kier molecular flexibility index (Phi) is 36.2. The Labute approximate surface area is 735 Å². The van der Waals surface area contributed by atoms with Crippen molar-refractivity contribution in [2.75, 3.05) is 0 Å². The van der Waals surface area contributed by atoms with E-state index in [0.717, 1.165) is 94.8 Å². The van der Waals surface area contributed by atoms with E-state index in [0.29, 0.717) is 38.3 Å². The molecule has 5 atom stereocenters. The van der Waals surface area contributed by atoms with Crippen LogP contribution >= 0.6 is 22.9 Å². The zero-order chi connectivity index (χ0) is 91.5. The minimum absolute atomic E-state index is 0.0475. The molecule has 0 spiro atoms.